The summed E-state index contributed by atoms with van der Waals surface area (Å²) in [5.74, 6) is -0.345. The lowest BCUT2D eigenvalue weighted by atomic mass is 10.1. The fourth-order valence-electron chi connectivity index (χ4n) is 3.64. The van der Waals surface area contributed by atoms with Crippen molar-refractivity contribution in [3.05, 3.63) is 89.9 Å². The summed E-state index contributed by atoms with van der Waals surface area (Å²) in [4.78, 5) is 41.1. The zero-order valence-corrected chi connectivity index (χ0v) is 19.7. The molecule has 0 bridgehead atoms. The van der Waals surface area contributed by atoms with Gasteiger partial charge in [0, 0.05) is 15.6 Å². The van der Waals surface area contributed by atoms with Crippen molar-refractivity contribution in [1.29, 1.82) is 0 Å². The molecule has 0 radical (unpaired) electrons. The van der Waals surface area contributed by atoms with E-state index in [9.17, 15) is 14.4 Å². The highest BCUT2D eigenvalue weighted by Gasteiger charge is 2.21. The molecule has 8 heteroatoms. The number of hydrogen-bond donors (Lipinski definition) is 1. The number of rotatable bonds is 4. The molecule has 1 N–H and O–H groups in total. The van der Waals surface area contributed by atoms with E-state index in [1.54, 1.807) is 24.3 Å². The molecule has 0 fully saturated rings. The van der Waals surface area contributed by atoms with Gasteiger partial charge in [0.15, 0.2) is 0 Å². The summed E-state index contributed by atoms with van der Waals surface area (Å²) in [5.41, 5.74) is 2.80. The number of aromatic nitrogens is 2. The number of halogens is 1. The molecular formula is C24H22ClN3O3S. The number of aryl methyl sites for hydroxylation is 4. The van der Waals surface area contributed by atoms with Crippen molar-refractivity contribution in [1.82, 2.24) is 9.13 Å². The Bertz CT molecular complexity index is 1500. The smallest absolute Gasteiger partial charge is 0.324 e. The van der Waals surface area contributed by atoms with Crippen molar-refractivity contribution in [3.8, 4) is 5.69 Å². The molecule has 0 atom stereocenters. The van der Waals surface area contributed by atoms with E-state index in [0.29, 0.717) is 26.6 Å². The second-order valence-corrected chi connectivity index (χ2v) is 9.46. The maximum Gasteiger partial charge on any atom is 0.337 e. The number of hydrogen-bond acceptors (Lipinski definition) is 4. The van der Waals surface area contributed by atoms with Crippen LogP contribution in [-0.4, -0.2) is 15.0 Å². The number of fused-ring (bicyclic) bond motifs is 1. The molecule has 164 valence electrons. The molecule has 2 heterocycles. The lowest BCUT2D eigenvalue weighted by molar-refractivity contribution is -0.116. The largest absolute Gasteiger partial charge is 0.337 e. The lowest BCUT2D eigenvalue weighted by Gasteiger charge is -2.14. The predicted octanol–water partition coefficient (Wildman–Crippen LogP) is 4.74. The van der Waals surface area contributed by atoms with E-state index >= 15 is 0 Å². The SMILES string of the molecule is Cc1ccc(C)c(NC(=O)Cn2c(=O)n(-c3cccc(Cl)c3)c(=O)c3c(C)c(C)sc32)c1. The van der Waals surface area contributed by atoms with E-state index in [1.165, 1.54) is 15.9 Å². The maximum absolute atomic E-state index is 13.5. The van der Waals surface area contributed by atoms with Crippen molar-refractivity contribution in [2.24, 2.45) is 0 Å². The fraction of sp³-hybridized carbons (Fsp3) is 0.208. The number of carbonyl (C=O) groups excluding carboxylic acids is 1. The molecular weight excluding hydrogens is 446 g/mol. The minimum Gasteiger partial charge on any atom is -0.324 e. The lowest BCUT2D eigenvalue weighted by Crippen LogP contribution is -2.40. The molecule has 32 heavy (non-hydrogen) atoms. The van der Waals surface area contributed by atoms with E-state index in [4.69, 9.17) is 11.6 Å². The first-order chi connectivity index (χ1) is 15.2. The average Bonchev–Trinajstić information content (AvgIpc) is 3.03. The van der Waals surface area contributed by atoms with Crippen LogP contribution in [0.3, 0.4) is 0 Å². The van der Waals surface area contributed by atoms with Crippen molar-refractivity contribution < 1.29 is 4.79 Å². The molecule has 0 aliphatic carbocycles. The number of nitrogens with zero attached hydrogens (tertiary/aromatic N) is 2. The molecule has 6 nitrogen and oxygen atoms in total. The third-order valence-corrected chi connectivity index (χ3v) is 6.95. The number of benzene rings is 2. The number of carbonyl (C=O) groups is 1. The molecule has 2 aromatic heterocycles. The molecule has 4 rings (SSSR count). The normalized spacial score (nSPS) is 11.2. The number of nitrogens with one attached hydrogen (secondary N) is 1. The monoisotopic (exact) mass is 467 g/mol. The Kier molecular flexibility index (Phi) is 5.79. The van der Waals surface area contributed by atoms with Gasteiger partial charge in [0.05, 0.1) is 11.1 Å². The van der Waals surface area contributed by atoms with Gasteiger partial charge in [-0.1, -0.05) is 29.8 Å². The third kappa shape index (κ3) is 3.89. The van der Waals surface area contributed by atoms with E-state index in [2.05, 4.69) is 5.32 Å². The highest BCUT2D eigenvalue weighted by atomic mass is 35.5. The number of anilines is 1. The van der Waals surface area contributed by atoms with Gasteiger partial charge in [0.2, 0.25) is 5.91 Å². The zero-order chi connectivity index (χ0) is 23.2. The van der Waals surface area contributed by atoms with Gasteiger partial charge in [0.1, 0.15) is 11.4 Å². The van der Waals surface area contributed by atoms with E-state index < -0.39 is 11.2 Å². The number of thiophene rings is 1. The molecule has 0 spiro atoms. The highest BCUT2D eigenvalue weighted by molar-refractivity contribution is 7.18. The van der Waals surface area contributed by atoms with Crippen LogP contribution in [-0.2, 0) is 11.3 Å². The van der Waals surface area contributed by atoms with Crippen LogP contribution in [0.2, 0.25) is 5.02 Å². The quantitative estimate of drug-likeness (QED) is 0.471. The van der Waals surface area contributed by atoms with Crippen LogP contribution >= 0.6 is 22.9 Å². The molecule has 0 aliphatic heterocycles. The summed E-state index contributed by atoms with van der Waals surface area (Å²) < 4.78 is 2.45. The minimum atomic E-state index is -0.581. The first-order valence-corrected chi connectivity index (χ1v) is 11.3. The molecule has 1 amide bonds. The Hall–Kier alpha value is -3.16. The first-order valence-electron chi connectivity index (χ1n) is 10.1. The van der Waals surface area contributed by atoms with Crippen molar-refractivity contribution in [3.63, 3.8) is 0 Å². The van der Waals surface area contributed by atoms with Gasteiger partial charge in [-0.2, -0.15) is 0 Å². The van der Waals surface area contributed by atoms with Crippen molar-refractivity contribution in [2.75, 3.05) is 5.32 Å². The van der Waals surface area contributed by atoms with Crippen LogP contribution in [0.5, 0.6) is 0 Å². The zero-order valence-electron chi connectivity index (χ0n) is 18.2. The van der Waals surface area contributed by atoms with Crippen LogP contribution in [0, 0.1) is 27.7 Å². The van der Waals surface area contributed by atoms with Crippen molar-refractivity contribution >= 4 is 44.7 Å². The highest BCUT2D eigenvalue weighted by Crippen LogP contribution is 2.27. The summed E-state index contributed by atoms with van der Waals surface area (Å²) in [5, 5.41) is 3.74. The summed E-state index contributed by atoms with van der Waals surface area (Å²) in [6.07, 6.45) is 0. The van der Waals surface area contributed by atoms with Crippen LogP contribution < -0.4 is 16.6 Å². The van der Waals surface area contributed by atoms with Crippen molar-refractivity contribution in [2.45, 2.75) is 34.2 Å². The van der Waals surface area contributed by atoms with Gasteiger partial charge in [-0.05, 0) is 68.7 Å². The van der Waals surface area contributed by atoms with Crippen LogP contribution in [0.1, 0.15) is 21.6 Å². The predicted molar refractivity (Wildman–Crippen MR) is 131 cm³/mol. The summed E-state index contributed by atoms with van der Waals surface area (Å²) in [6.45, 7) is 7.38. The van der Waals surface area contributed by atoms with E-state index in [0.717, 1.165) is 26.1 Å². The molecule has 0 aliphatic rings. The summed E-state index contributed by atoms with van der Waals surface area (Å²) in [6, 6.07) is 12.3. The van der Waals surface area contributed by atoms with Gasteiger partial charge in [-0.25, -0.2) is 9.36 Å². The molecule has 0 unspecified atom stereocenters. The standard InChI is InChI=1S/C24H22ClN3O3S/c1-13-8-9-14(2)19(10-13)26-20(29)12-27-23-21(15(3)16(4)32-23)22(30)28(24(27)31)18-7-5-6-17(25)11-18/h5-11H,12H2,1-4H3,(H,26,29). The maximum atomic E-state index is 13.5. The second-order valence-electron chi connectivity index (χ2n) is 7.82. The van der Waals surface area contributed by atoms with Gasteiger partial charge < -0.3 is 5.32 Å². The average molecular weight is 468 g/mol. The molecule has 4 aromatic rings. The number of amides is 1. The Morgan fingerprint density at radius 3 is 2.53 bits per heavy atom. The topological polar surface area (TPSA) is 73.1 Å². The Labute approximate surface area is 193 Å². The summed E-state index contributed by atoms with van der Waals surface area (Å²) >= 11 is 7.45. The Balaban J connectivity index is 1.88. The van der Waals surface area contributed by atoms with E-state index in [-0.39, 0.29) is 12.5 Å². The Morgan fingerprint density at radius 1 is 1.06 bits per heavy atom. The third-order valence-electron chi connectivity index (χ3n) is 5.49. The Morgan fingerprint density at radius 2 is 1.81 bits per heavy atom. The molecule has 0 saturated carbocycles. The molecule has 2 aromatic carbocycles. The van der Waals surface area contributed by atoms with Crippen LogP contribution in [0.4, 0.5) is 5.69 Å². The van der Waals surface area contributed by atoms with Gasteiger partial charge >= 0.3 is 5.69 Å². The second kappa shape index (κ2) is 8.41. The van der Waals surface area contributed by atoms with E-state index in [1.807, 2.05) is 45.9 Å². The van der Waals surface area contributed by atoms with Gasteiger partial charge in [0.25, 0.3) is 5.56 Å². The van der Waals surface area contributed by atoms with Gasteiger partial charge in [-0.15, -0.1) is 11.3 Å². The fourth-order valence-corrected chi connectivity index (χ4v) is 4.97. The summed E-state index contributed by atoms with van der Waals surface area (Å²) in [7, 11) is 0. The molecule has 0 saturated heterocycles. The van der Waals surface area contributed by atoms with Gasteiger partial charge in [-0.3, -0.25) is 14.2 Å². The first kappa shape index (κ1) is 22.0. The van der Waals surface area contributed by atoms with Crippen LogP contribution in [0.25, 0.3) is 15.9 Å². The van der Waals surface area contributed by atoms with Crippen LogP contribution in [0.15, 0.2) is 52.1 Å². The minimum absolute atomic E-state index is 0.219.